The lowest BCUT2D eigenvalue weighted by molar-refractivity contribution is 0.104. The quantitative estimate of drug-likeness (QED) is 0.690. The molecule has 0 bridgehead atoms. The fourth-order valence-corrected chi connectivity index (χ4v) is 1.93. The summed E-state index contributed by atoms with van der Waals surface area (Å²) in [5.41, 5.74) is 2.37. The van der Waals surface area contributed by atoms with Crippen LogP contribution in [0.1, 0.15) is 21.5 Å². The molecular formula is C18H17NO2. The fourth-order valence-electron chi connectivity index (χ4n) is 1.93. The van der Waals surface area contributed by atoms with Crippen LogP contribution in [0, 0.1) is 6.92 Å². The van der Waals surface area contributed by atoms with Crippen molar-refractivity contribution in [2.75, 3.05) is 12.4 Å². The van der Waals surface area contributed by atoms with E-state index < -0.39 is 0 Å². The van der Waals surface area contributed by atoms with Crippen molar-refractivity contribution >= 4 is 17.5 Å². The van der Waals surface area contributed by atoms with E-state index in [0.29, 0.717) is 5.69 Å². The molecule has 0 amide bonds. The second-order valence-corrected chi connectivity index (χ2v) is 4.73. The molecule has 0 spiro atoms. The Morgan fingerprint density at radius 2 is 1.71 bits per heavy atom. The normalized spacial score (nSPS) is 10.6. The predicted octanol–water partition coefficient (Wildman–Crippen LogP) is 3.29. The van der Waals surface area contributed by atoms with Gasteiger partial charge in [0.05, 0.1) is 11.3 Å². The standard InChI is InChI=1S/C18H17NO2/c1-13-7-9-14(10-8-13)11-12-17(20)15-5-3-4-6-16(19-2)18(15)21/h3-12H,1-2H3,(H,19,21)/b12-11-. The highest BCUT2D eigenvalue weighted by molar-refractivity contribution is 6.07. The van der Waals surface area contributed by atoms with Crippen molar-refractivity contribution in [2.24, 2.45) is 0 Å². The molecule has 106 valence electrons. The van der Waals surface area contributed by atoms with Crippen LogP contribution in [0.3, 0.4) is 0 Å². The number of rotatable bonds is 4. The number of carbonyl (C=O) groups is 1. The van der Waals surface area contributed by atoms with Crippen molar-refractivity contribution in [3.8, 4) is 0 Å². The number of allylic oxidation sites excluding steroid dienone is 1. The number of aryl methyl sites for hydroxylation is 1. The van der Waals surface area contributed by atoms with Gasteiger partial charge >= 0.3 is 0 Å². The maximum absolute atomic E-state index is 12.2. The molecule has 0 aliphatic carbocycles. The summed E-state index contributed by atoms with van der Waals surface area (Å²) in [5, 5.41) is 2.80. The molecule has 2 aromatic rings. The molecule has 3 nitrogen and oxygen atoms in total. The molecule has 0 saturated heterocycles. The Bertz CT molecular complexity index is 731. The van der Waals surface area contributed by atoms with Gasteiger partial charge in [-0.1, -0.05) is 48.0 Å². The minimum Gasteiger partial charge on any atom is -0.385 e. The van der Waals surface area contributed by atoms with Crippen LogP contribution in [0.4, 0.5) is 5.69 Å². The molecule has 0 heterocycles. The van der Waals surface area contributed by atoms with Gasteiger partial charge in [-0.15, -0.1) is 0 Å². The van der Waals surface area contributed by atoms with Crippen LogP contribution in [0.25, 0.3) is 6.08 Å². The van der Waals surface area contributed by atoms with Crippen LogP contribution in [0.2, 0.25) is 0 Å². The number of hydrogen-bond donors (Lipinski definition) is 1. The van der Waals surface area contributed by atoms with Gasteiger partial charge in [-0.25, -0.2) is 0 Å². The van der Waals surface area contributed by atoms with E-state index in [1.807, 2.05) is 31.2 Å². The molecule has 0 atom stereocenters. The lowest BCUT2D eigenvalue weighted by atomic mass is 10.1. The van der Waals surface area contributed by atoms with E-state index in [9.17, 15) is 9.59 Å². The minimum absolute atomic E-state index is 0.160. The summed E-state index contributed by atoms with van der Waals surface area (Å²) in [6, 6.07) is 14.4. The smallest absolute Gasteiger partial charge is 0.212 e. The first kappa shape index (κ1) is 14.7. The highest BCUT2D eigenvalue weighted by atomic mass is 16.1. The third-order valence-electron chi connectivity index (χ3n) is 3.17. The zero-order valence-electron chi connectivity index (χ0n) is 12.1. The van der Waals surface area contributed by atoms with Crippen LogP contribution in [-0.4, -0.2) is 12.8 Å². The van der Waals surface area contributed by atoms with Crippen molar-refractivity contribution in [2.45, 2.75) is 6.92 Å². The van der Waals surface area contributed by atoms with Gasteiger partial charge in [-0.05, 0) is 30.7 Å². The minimum atomic E-state index is -0.298. The Morgan fingerprint density at radius 1 is 1.05 bits per heavy atom. The van der Waals surface area contributed by atoms with Gasteiger partial charge in [0.1, 0.15) is 0 Å². The Hall–Kier alpha value is -2.68. The van der Waals surface area contributed by atoms with Crippen LogP contribution in [0.15, 0.2) is 59.4 Å². The molecule has 1 N–H and O–H groups in total. The average molecular weight is 279 g/mol. The Kier molecular flexibility index (Phi) is 4.67. The molecule has 0 unspecified atom stereocenters. The number of carbonyl (C=O) groups excluding carboxylic acids is 1. The molecule has 0 saturated carbocycles. The molecular weight excluding hydrogens is 262 g/mol. The van der Waals surface area contributed by atoms with Gasteiger partial charge in [0.15, 0.2) is 5.78 Å². The van der Waals surface area contributed by atoms with Gasteiger partial charge in [-0.2, -0.15) is 0 Å². The topological polar surface area (TPSA) is 46.2 Å². The van der Waals surface area contributed by atoms with Crippen molar-refractivity contribution in [3.05, 3.63) is 81.5 Å². The molecule has 0 aliphatic rings. The molecule has 21 heavy (non-hydrogen) atoms. The van der Waals surface area contributed by atoms with E-state index in [1.54, 1.807) is 37.4 Å². The van der Waals surface area contributed by atoms with Crippen LogP contribution >= 0.6 is 0 Å². The Morgan fingerprint density at radius 3 is 2.38 bits per heavy atom. The first-order valence-electron chi connectivity index (χ1n) is 6.72. The molecule has 0 radical (unpaired) electrons. The number of nitrogens with one attached hydrogen (secondary N) is 1. The summed E-state index contributed by atoms with van der Waals surface area (Å²) in [7, 11) is 1.66. The summed E-state index contributed by atoms with van der Waals surface area (Å²) in [5.74, 6) is -0.298. The highest BCUT2D eigenvalue weighted by Crippen LogP contribution is 2.07. The van der Waals surface area contributed by atoms with Crippen LogP contribution in [-0.2, 0) is 0 Å². The first-order chi connectivity index (χ1) is 10.1. The second-order valence-electron chi connectivity index (χ2n) is 4.73. The van der Waals surface area contributed by atoms with Crippen molar-refractivity contribution in [3.63, 3.8) is 0 Å². The number of benzene rings is 1. The van der Waals surface area contributed by atoms with E-state index in [4.69, 9.17) is 0 Å². The lowest BCUT2D eigenvalue weighted by Gasteiger charge is -1.96. The van der Waals surface area contributed by atoms with Crippen molar-refractivity contribution in [1.82, 2.24) is 0 Å². The Labute approximate surface area is 124 Å². The number of hydrogen-bond acceptors (Lipinski definition) is 3. The molecule has 2 aromatic carbocycles. The monoisotopic (exact) mass is 279 g/mol. The summed E-state index contributed by atoms with van der Waals surface area (Å²) in [4.78, 5) is 24.4. The maximum Gasteiger partial charge on any atom is 0.212 e. The van der Waals surface area contributed by atoms with E-state index in [1.165, 1.54) is 6.08 Å². The summed E-state index contributed by atoms with van der Waals surface area (Å²) in [6.45, 7) is 2.01. The number of anilines is 1. The first-order valence-corrected chi connectivity index (χ1v) is 6.72. The zero-order valence-corrected chi connectivity index (χ0v) is 12.1. The SMILES string of the molecule is CNc1ccccc(C(=O)/C=C\c2ccc(C)cc2)c1=O. The van der Waals surface area contributed by atoms with E-state index in [-0.39, 0.29) is 16.8 Å². The molecule has 0 aromatic heterocycles. The van der Waals surface area contributed by atoms with Gasteiger partial charge in [0.25, 0.3) is 0 Å². The molecule has 3 heteroatoms. The predicted molar refractivity (Wildman–Crippen MR) is 86.8 cm³/mol. The van der Waals surface area contributed by atoms with Gasteiger partial charge in [-0.3, -0.25) is 9.59 Å². The lowest BCUT2D eigenvalue weighted by Crippen LogP contribution is -2.14. The second kappa shape index (κ2) is 6.66. The molecule has 0 aliphatic heterocycles. The number of ketones is 1. The average Bonchev–Trinajstić information content (AvgIpc) is 2.68. The summed E-state index contributed by atoms with van der Waals surface area (Å²) in [6.07, 6.45) is 3.15. The maximum atomic E-state index is 12.2. The largest absolute Gasteiger partial charge is 0.385 e. The highest BCUT2D eigenvalue weighted by Gasteiger charge is 2.08. The van der Waals surface area contributed by atoms with Gasteiger partial charge in [0.2, 0.25) is 5.43 Å². The van der Waals surface area contributed by atoms with Crippen LogP contribution in [0.5, 0.6) is 0 Å². The zero-order chi connectivity index (χ0) is 15.2. The molecule has 2 rings (SSSR count). The third-order valence-corrected chi connectivity index (χ3v) is 3.17. The van der Waals surface area contributed by atoms with E-state index in [0.717, 1.165) is 11.1 Å². The van der Waals surface area contributed by atoms with Crippen molar-refractivity contribution in [1.29, 1.82) is 0 Å². The third kappa shape index (κ3) is 3.66. The van der Waals surface area contributed by atoms with E-state index >= 15 is 0 Å². The van der Waals surface area contributed by atoms with Crippen LogP contribution < -0.4 is 10.7 Å². The summed E-state index contributed by atoms with van der Waals surface area (Å²) >= 11 is 0. The fraction of sp³-hybridized carbons (Fsp3) is 0.111. The van der Waals surface area contributed by atoms with Gasteiger partial charge < -0.3 is 5.32 Å². The summed E-state index contributed by atoms with van der Waals surface area (Å²) < 4.78 is 0. The molecule has 0 fully saturated rings. The van der Waals surface area contributed by atoms with Crippen molar-refractivity contribution < 1.29 is 4.79 Å². The Balaban J connectivity index is 2.31. The van der Waals surface area contributed by atoms with E-state index in [2.05, 4.69) is 5.32 Å². The van der Waals surface area contributed by atoms with Gasteiger partial charge in [0, 0.05) is 7.05 Å².